The first-order valence-corrected chi connectivity index (χ1v) is 17.1. The van der Waals surface area contributed by atoms with Crippen LogP contribution in [0.25, 0.3) is 0 Å². The highest BCUT2D eigenvalue weighted by Crippen LogP contribution is 2.45. The number of hydrogen-bond acceptors (Lipinski definition) is 9. The zero-order chi connectivity index (χ0) is 36.1. The van der Waals surface area contributed by atoms with Gasteiger partial charge in [0.15, 0.2) is 11.5 Å². The van der Waals surface area contributed by atoms with Crippen LogP contribution in [0.4, 0.5) is 13.6 Å². The summed E-state index contributed by atoms with van der Waals surface area (Å²) in [5, 5.41) is 5.25. The van der Waals surface area contributed by atoms with E-state index in [1.165, 1.54) is 12.1 Å². The van der Waals surface area contributed by atoms with Crippen molar-refractivity contribution in [3.63, 3.8) is 0 Å². The smallest absolute Gasteiger partial charge is 0.410 e. The lowest BCUT2D eigenvalue weighted by atomic mass is 9.80. The quantitative estimate of drug-likeness (QED) is 0.257. The minimum atomic E-state index is -0.649. The number of nitrogens with one attached hydrogen (secondary N) is 3. The van der Waals surface area contributed by atoms with Gasteiger partial charge in [-0.1, -0.05) is 36.4 Å². The Balaban J connectivity index is 1.33. The molecule has 268 valence electrons. The zero-order valence-electron chi connectivity index (χ0n) is 29.8. The number of carbonyl (C=O) groups excluding carboxylic acids is 1. The highest BCUT2D eigenvalue weighted by atomic mass is 19.1. The predicted molar refractivity (Wildman–Crippen MR) is 187 cm³/mol. The van der Waals surface area contributed by atoms with Gasteiger partial charge in [-0.15, -0.1) is 0 Å². The number of amides is 1. The Bertz CT molecular complexity index is 1800. The number of hydrogen-bond donors (Lipinski definition) is 6. The van der Waals surface area contributed by atoms with E-state index in [1.807, 2.05) is 31.8 Å². The molecule has 0 fully saturated rings. The van der Waals surface area contributed by atoms with Crippen molar-refractivity contribution in [3.8, 4) is 0 Å². The first kappa shape index (κ1) is 35.2. The molecule has 10 N–H and O–H groups in total. The summed E-state index contributed by atoms with van der Waals surface area (Å²) in [6.45, 7) is 13.6. The molecule has 6 rings (SSSR count). The molecule has 4 heterocycles. The second-order valence-electron chi connectivity index (χ2n) is 15.3. The van der Waals surface area contributed by atoms with E-state index in [9.17, 15) is 4.79 Å². The minimum absolute atomic E-state index is 0.279. The number of hydrazine groups is 2. The molecule has 1 amide bonds. The normalized spacial score (nSPS) is 22.0. The van der Waals surface area contributed by atoms with Gasteiger partial charge in [0, 0.05) is 67.1 Å². The molecule has 0 aromatic heterocycles. The number of carbonyl (C=O) groups is 1. The Morgan fingerprint density at radius 2 is 1.52 bits per heavy atom. The fourth-order valence-corrected chi connectivity index (χ4v) is 7.43. The van der Waals surface area contributed by atoms with E-state index in [-0.39, 0.29) is 18.2 Å². The van der Waals surface area contributed by atoms with Crippen LogP contribution in [0.2, 0.25) is 0 Å². The van der Waals surface area contributed by atoms with Crippen molar-refractivity contribution in [2.75, 3.05) is 26.2 Å². The van der Waals surface area contributed by atoms with Crippen molar-refractivity contribution in [3.05, 3.63) is 117 Å². The van der Waals surface area contributed by atoms with Gasteiger partial charge in [-0.2, -0.15) is 5.53 Å². The zero-order valence-corrected chi connectivity index (χ0v) is 29.8. The third kappa shape index (κ3) is 6.77. The maximum atomic E-state index is 15.6. The van der Waals surface area contributed by atoms with E-state index in [1.54, 1.807) is 35.2 Å². The molecule has 0 radical (unpaired) electrons. The molecule has 2 atom stereocenters. The van der Waals surface area contributed by atoms with Crippen LogP contribution in [0.5, 0.6) is 0 Å². The summed E-state index contributed by atoms with van der Waals surface area (Å²) in [7, 11) is 0. The lowest BCUT2D eigenvalue weighted by Gasteiger charge is -2.49. The largest absolute Gasteiger partial charge is 0.444 e. The average Bonchev–Trinajstić information content (AvgIpc) is 3.04. The predicted octanol–water partition coefficient (Wildman–Crippen LogP) is 3.91. The maximum Gasteiger partial charge on any atom is 0.410 e. The molecule has 0 spiro atoms. The summed E-state index contributed by atoms with van der Waals surface area (Å²) in [5.74, 6) is -0.704. The Morgan fingerprint density at radius 1 is 0.900 bits per heavy atom. The SMILES string of the molecule is CC(C)(C)OC(=O)N1CCC2=C(C1)C(c1ccccc1F)C([NH3+])=C(NNN1CCC3=C(C1)C(c1ccccc1F)C(N)=C(N)N3)N2C(C)(C)C. The van der Waals surface area contributed by atoms with Crippen LogP contribution in [0.1, 0.15) is 77.3 Å². The minimum Gasteiger partial charge on any atom is -0.444 e. The number of rotatable bonds is 5. The van der Waals surface area contributed by atoms with Crippen molar-refractivity contribution in [2.45, 2.75) is 77.4 Å². The molecule has 4 aliphatic heterocycles. The van der Waals surface area contributed by atoms with E-state index >= 15 is 8.78 Å². The Kier molecular flexibility index (Phi) is 9.35. The number of allylic oxidation sites excluding steroid dienone is 2. The number of halogens is 2. The van der Waals surface area contributed by atoms with Gasteiger partial charge >= 0.3 is 6.09 Å². The van der Waals surface area contributed by atoms with E-state index < -0.39 is 29.1 Å². The fraction of sp³-hybridized carbons (Fsp3) is 0.432. The van der Waals surface area contributed by atoms with E-state index in [2.05, 4.69) is 47.7 Å². The molecular weight excluding hydrogens is 640 g/mol. The topological polar surface area (TPSA) is 152 Å². The molecule has 4 aliphatic rings. The highest BCUT2D eigenvalue weighted by Gasteiger charge is 2.45. The van der Waals surface area contributed by atoms with Crippen molar-refractivity contribution < 1.29 is 24.0 Å². The highest BCUT2D eigenvalue weighted by molar-refractivity contribution is 5.69. The van der Waals surface area contributed by atoms with Crippen molar-refractivity contribution in [1.29, 1.82) is 0 Å². The first-order chi connectivity index (χ1) is 23.5. The summed E-state index contributed by atoms with van der Waals surface area (Å²) in [5.41, 5.74) is 28.9. The van der Waals surface area contributed by atoms with Crippen molar-refractivity contribution in [2.24, 2.45) is 11.5 Å². The number of quaternary nitrogens is 1. The van der Waals surface area contributed by atoms with Gasteiger partial charge in [0.1, 0.15) is 23.1 Å². The van der Waals surface area contributed by atoms with Crippen LogP contribution < -0.4 is 33.5 Å². The molecule has 11 nitrogen and oxygen atoms in total. The van der Waals surface area contributed by atoms with Gasteiger partial charge < -0.3 is 37.1 Å². The fourth-order valence-electron chi connectivity index (χ4n) is 7.43. The van der Waals surface area contributed by atoms with Crippen LogP contribution in [0, 0.1) is 11.6 Å². The second-order valence-corrected chi connectivity index (χ2v) is 15.3. The molecule has 2 aromatic carbocycles. The number of dihydropyridines is 1. The van der Waals surface area contributed by atoms with E-state index in [0.29, 0.717) is 66.6 Å². The van der Waals surface area contributed by atoms with Crippen molar-refractivity contribution >= 4 is 6.09 Å². The summed E-state index contributed by atoms with van der Waals surface area (Å²) < 4.78 is 36.5. The van der Waals surface area contributed by atoms with Crippen LogP contribution in [0.3, 0.4) is 0 Å². The summed E-state index contributed by atoms with van der Waals surface area (Å²) in [4.78, 5) is 17.2. The van der Waals surface area contributed by atoms with Crippen LogP contribution >= 0.6 is 0 Å². The Morgan fingerprint density at radius 3 is 2.12 bits per heavy atom. The lowest BCUT2D eigenvalue weighted by Crippen LogP contribution is -2.63. The number of ether oxygens (including phenoxy) is 1. The molecule has 2 aromatic rings. The molecule has 50 heavy (non-hydrogen) atoms. The van der Waals surface area contributed by atoms with Crippen LogP contribution in [0.15, 0.2) is 94.1 Å². The molecule has 0 saturated heterocycles. The van der Waals surface area contributed by atoms with Gasteiger partial charge in [0.2, 0.25) is 0 Å². The summed E-state index contributed by atoms with van der Waals surface area (Å²) in [6, 6.07) is 13.3. The van der Waals surface area contributed by atoms with Gasteiger partial charge in [-0.3, -0.25) is 5.43 Å². The maximum absolute atomic E-state index is 15.6. The van der Waals surface area contributed by atoms with Crippen molar-refractivity contribution in [1.82, 2.24) is 31.1 Å². The third-order valence-corrected chi connectivity index (χ3v) is 9.57. The van der Waals surface area contributed by atoms with Crippen LogP contribution in [-0.2, 0) is 4.74 Å². The molecule has 0 bridgehead atoms. The first-order valence-electron chi connectivity index (χ1n) is 17.1. The van der Waals surface area contributed by atoms with Gasteiger partial charge in [-0.05, 0) is 64.8 Å². The number of benzene rings is 2. The van der Waals surface area contributed by atoms with E-state index in [4.69, 9.17) is 16.2 Å². The molecule has 13 heteroatoms. The van der Waals surface area contributed by atoms with Gasteiger partial charge in [0.05, 0.1) is 17.5 Å². The van der Waals surface area contributed by atoms with E-state index in [0.717, 1.165) is 22.5 Å². The number of nitrogens with zero attached hydrogens (tertiary/aromatic N) is 3. The standard InChI is InChI=1S/C37H49F2N9O2/c1-36(2,3)48-28-16-17-46(35(49)50-37(4,5)6)19-24(28)30(22-12-8-10-14-26(22)39)32(41)34(48)44-45-47-18-15-27-23(20-47)29(31(40)33(42)43-27)21-11-7-9-13-25(21)38/h7-14,29-30,43-45H,15-20,40-42H2,1-6H3/p+1. The lowest BCUT2D eigenvalue weighted by molar-refractivity contribution is -0.314. The molecular formula is C37H50F2N9O2+. The van der Waals surface area contributed by atoms with Gasteiger partial charge in [-0.25, -0.2) is 18.6 Å². The third-order valence-electron chi connectivity index (χ3n) is 9.57. The number of nitrogens with two attached hydrogens (primary N) is 2. The van der Waals surface area contributed by atoms with Gasteiger partial charge in [0.25, 0.3) is 0 Å². The van der Waals surface area contributed by atoms with Crippen LogP contribution in [-0.4, -0.2) is 58.2 Å². The molecule has 0 saturated carbocycles. The Labute approximate surface area is 292 Å². The molecule has 0 aliphatic carbocycles. The summed E-state index contributed by atoms with van der Waals surface area (Å²) in [6.07, 6.45) is 0.759. The second kappa shape index (κ2) is 13.3. The Hall–Kier alpha value is -4.59. The monoisotopic (exact) mass is 690 g/mol. The average molecular weight is 691 g/mol. The molecule has 2 unspecified atom stereocenters. The summed E-state index contributed by atoms with van der Waals surface area (Å²) >= 11 is 0.